The molecule has 0 aliphatic carbocycles. The van der Waals surface area contributed by atoms with Gasteiger partial charge in [0, 0.05) is 12.2 Å². The molecule has 1 atom stereocenters. The van der Waals surface area contributed by atoms with Gasteiger partial charge in [-0.05, 0) is 31.9 Å². The lowest BCUT2D eigenvalue weighted by molar-refractivity contribution is -0.134. The van der Waals surface area contributed by atoms with Crippen molar-refractivity contribution >= 4 is 11.7 Å². The number of nitrogens with zero attached hydrogens (tertiary/aromatic N) is 3. The summed E-state index contributed by atoms with van der Waals surface area (Å²) >= 11 is 0. The first-order chi connectivity index (χ1) is 11.4. The monoisotopic (exact) mass is 327 g/mol. The van der Waals surface area contributed by atoms with Gasteiger partial charge in [0.1, 0.15) is 6.54 Å². The van der Waals surface area contributed by atoms with Gasteiger partial charge in [0.15, 0.2) is 5.78 Å². The lowest BCUT2D eigenvalue weighted by atomic mass is 9.97. The second kappa shape index (κ2) is 6.20. The van der Waals surface area contributed by atoms with Crippen molar-refractivity contribution in [2.45, 2.75) is 40.0 Å². The Morgan fingerprint density at radius 3 is 2.67 bits per heavy atom. The van der Waals surface area contributed by atoms with Gasteiger partial charge in [0.2, 0.25) is 5.91 Å². The SMILES string of the molecule is CC(=O)c1c(C)nn(CC(=O)N2Cc3ccccc3[C@H](O)C2)c1C. The van der Waals surface area contributed by atoms with Gasteiger partial charge >= 0.3 is 0 Å². The largest absolute Gasteiger partial charge is 0.387 e. The summed E-state index contributed by atoms with van der Waals surface area (Å²) in [5.74, 6) is -0.171. The topological polar surface area (TPSA) is 75.4 Å². The summed E-state index contributed by atoms with van der Waals surface area (Å²) in [6.45, 7) is 5.88. The number of aliphatic hydroxyl groups excluding tert-OH is 1. The van der Waals surface area contributed by atoms with Crippen LogP contribution in [0.4, 0.5) is 0 Å². The molecule has 0 saturated heterocycles. The second-order valence-corrected chi connectivity index (χ2v) is 6.25. The number of ketones is 1. The van der Waals surface area contributed by atoms with Crippen molar-refractivity contribution in [3.63, 3.8) is 0 Å². The molecule has 24 heavy (non-hydrogen) atoms. The number of aromatic nitrogens is 2. The van der Waals surface area contributed by atoms with Gasteiger partial charge in [-0.25, -0.2) is 0 Å². The predicted octanol–water partition coefficient (Wildman–Crippen LogP) is 1.78. The number of hydrogen-bond donors (Lipinski definition) is 1. The second-order valence-electron chi connectivity index (χ2n) is 6.25. The summed E-state index contributed by atoms with van der Waals surface area (Å²) in [7, 11) is 0. The van der Waals surface area contributed by atoms with E-state index in [1.54, 1.807) is 23.4 Å². The van der Waals surface area contributed by atoms with E-state index in [2.05, 4.69) is 5.10 Å². The van der Waals surface area contributed by atoms with Crippen LogP contribution in [0.15, 0.2) is 24.3 Å². The summed E-state index contributed by atoms with van der Waals surface area (Å²) in [6, 6.07) is 7.61. The van der Waals surface area contributed by atoms with Crippen LogP contribution < -0.4 is 0 Å². The number of Topliss-reactive ketones (excluding diaryl/α,β-unsaturated/α-hetero) is 1. The van der Waals surface area contributed by atoms with Crippen molar-refractivity contribution in [2.75, 3.05) is 6.54 Å². The number of β-amino-alcohol motifs (C(OH)–C–C–N with tert-alkyl or cyclic N) is 1. The molecule has 1 aliphatic rings. The number of carbonyl (C=O) groups is 2. The van der Waals surface area contributed by atoms with Gasteiger partial charge in [-0.15, -0.1) is 0 Å². The maximum Gasteiger partial charge on any atom is 0.244 e. The number of aliphatic hydroxyl groups is 1. The lowest BCUT2D eigenvalue weighted by Crippen LogP contribution is -2.40. The summed E-state index contributed by atoms with van der Waals surface area (Å²) in [4.78, 5) is 26.0. The molecule has 1 amide bonds. The minimum absolute atomic E-state index is 0.0500. The molecular formula is C18H21N3O3. The molecule has 3 rings (SSSR count). The minimum Gasteiger partial charge on any atom is -0.387 e. The van der Waals surface area contributed by atoms with Gasteiger partial charge in [0.25, 0.3) is 0 Å². The van der Waals surface area contributed by atoms with Gasteiger partial charge in [-0.3, -0.25) is 14.3 Å². The molecule has 6 heteroatoms. The molecule has 1 aromatic carbocycles. The zero-order valence-electron chi connectivity index (χ0n) is 14.1. The normalized spacial score (nSPS) is 16.8. The van der Waals surface area contributed by atoms with Crippen molar-refractivity contribution in [1.29, 1.82) is 0 Å². The third-order valence-corrected chi connectivity index (χ3v) is 4.54. The molecule has 1 N–H and O–H groups in total. The number of rotatable bonds is 3. The molecule has 0 radical (unpaired) electrons. The Morgan fingerprint density at radius 1 is 1.29 bits per heavy atom. The van der Waals surface area contributed by atoms with Crippen molar-refractivity contribution in [1.82, 2.24) is 14.7 Å². The van der Waals surface area contributed by atoms with E-state index in [4.69, 9.17) is 0 Å². The molecule has 0 saturated carbocycles. The Labute approximate surface area is 140 Å². The highest BCUT2D eigenvalue weighted by molar-refractivity contribution is 5.96. The fourth-order valence-corrected chi connectivity index (χ4v) is 3.36. The Kier molecular flexibility index (Phi) is 4.24. The van der Waals surface area contributed by atoms with Crippen molar-refractivity contribution in [3.8, 4) is 0 Å². The molecule has 0 fully saturated rings. The van der Waals surface area contributed by atoms with Crippen LogP contribution >= 0.6 is 0 Å². The van der Waals surface area contributed by atoms with Crippen molar-refractivity contribution < 1.29 is 14.7 Å². The lowest BCUT2D eigenvalue weighted by Gasteiger charge is -2.32. The third-order valence-electron chi connectivity index (χ3n) is 4.54. The molecule has 0 unspecified atom stereocenters. The van der Waals surface area contributed by atoms with Crippen LogP contribution in [0.3, 0.4) is 0 Å². The first kappa shape index (κ1) is 16.4. The molecule has 0 spiro atoms. The summed E-state index contributed by atoms with van der Waals surface area (Å²) in [5, 5.41) is 14.6. The molecule has 1 aromatic heterocycles. The highest BCUT2D eigenvalue weighted by Crippen LogP contribution is 2.26. The Hall–Kier alpha value is -2.47. The van der Waals surface area contributed by atoms with Crippen LogP contribution in [0.2, 0.25) is 0 Å². The van der Waals surface area contributed by atoms with Gasteiger partial charge in [0.05, 0.1) is 23.9 Å². The maximum atomic E-state index is 12.6. The fourth-order valence-electron chi connectivity index (χ4n) is 3.36. The summed E-state index contributed by atoms with van der Waals surface area (Å²) < 4.78 is 1.57. The number of amides is 1. The highest BCUT2D eigenvalue weighted by atomic mass is 16.3. The third kappa shape index (κ3) is 2.85. The quantitative estimate of drug-likeness (QED) is 0.872. The zero-order chi connectivity index (χ0) is 17.4. The summed E-state index contributed by atoms with van der Waals surface area (Å²) in [5.41, 5.74) is 3.75. The average Bonchev–Trinajstić information content (AvgIpc) is 2.81. The molecule has 1 aliphatic heterocycles. The molecule has 126 valence electrons. The van der Waals surface area contributed by atoms with E-state index in [9.17, 15) is 14.7 Å². The Balaban J connectivity index is 1.80. The smallest absolute Gasteiger partial charge is 0.244 e. The average molecular weight is 327 g/mol. The number of fused-ring (bicyclic) bond motifs is 1. The van der Waals surface area contributed by atoms with E-state index < -0.39 is 6.10 Å². The predicted molar refractivity (Wildman–Crippen MR) is 88.5 cm³/mol. The van der Waals surface area contributed by atoms with Crippen LogP contribution in [0, 0.1) is 13.8 Å². The van der Waals surface area contributed by atoms with E-state index in [0.29, 0.717) is 23.5 Å². The number of hydrogen-bond acceptors (Lipinski definition) is 4. The standard InChI is InChI=1S/C18H21N3O3/c1-11-18(13(3)22)12(2)21(19-11)10-17(24)20-8-14-6-4-5-7-15(14)16(23)9-20/h4-7,16,23H,8-10H2,1-3H3/t16-/m1/s1. The Morgan fingerprint density at radius 2 is 2.00 bits per heavy atom. The summed E-state index contributed by atoms with van der Waals surface area (Å²) in [6.07, 6.45) is -0.674. The molecule has 2 aromatic rings. The van der Waals surface area contributed by atoms with E-state index in [1.165, 1.54) is 6.92 Å². The van der Waals surface area contributed by atoms with Gasteiger partial charge in [-0.1, -0.05) is 24.3 Å². The zero-order valence-corrected chi connectivity index (χ0v) is 14.1. The maximum absolute atomic E-state index is 12.6. The minimum atomic E-state index is -0.674. The van der Waals surface area contributed by atoms with Crippen LogP contribution in [-0.2, 0) is 17.9 Å². The fraction of sp³-hybridized carbons (Fsp3) is 0.389. The molecule has 6 nitrogen and oxygen atoms in total. The van der Waals surface area contributed by atoms with Crippen molar-refractivity contribution in [2.24, 2.45) is 0 Å². The molecule has 0 bridgehead atoms. The van der Waals surface area contributed by atoms with Crippen LogP contribution in [-0.4, -0.2) is 38.0 Å². The number of benzene rings is 1. The first-order valence-corrected chi connectivity index (χ1v) is 7.97. The van der Waals surface area contributed by atoms with Crippen LogP contribution in [0.5, 0.6) is 0 Å². The van der Waals surface area contributed by atoms with Crippen LogP contribution in [0.25, 0.3) is 0 Å². The molecule has 2 heterocycles. The number of carbonyl (C=O) groups excluding carboxylic acids is 2. The van der Waals surface area contributed by atoms with Crippen molar-refractivity contribution in [3.05, 3.63) is 52.3 Å². The van der Waals surface area contributed by atoms with Gasteiger partial charge < -0.3 is 10.0 Å². The van der Waals surface area contributed by atoms with Gasteiger partial charge in [-0.2, -0.15) is 5.10 Å². The van der Waals surface area contributed by atoms with E-state index in [-0.39, 0.29) is 24.8 Å². The first-order valence-electron chi connectivity index (χ1n) is 7.97. The Bertz CT molecular complexity index is 810. The van der Waals surface area contributed by atoms with E-state index in [1.807, 2.05) is 24.3 Å². The van der Waals surface area contributed by atoms with Crippen LogP contribution in [0.1, 0.15) is 45.9 Å². The highest BCUT2D eigenvalue weighted by Gasteiger charge is 2.27. The number of aryl methyl sites for hydroxylation is 1. The van der Waals surface area contributed by atoms with E-state index in [0.717, 1.165) is 11.1 Å². The molecular weight excluding hydrogens is 306 g/mol. The van der Waals surface area contributed by atoms with E-state index >= 15 is 0 Å².